The van der Waals surface area contributed by atoms with Crippen molar-refractivity contribution in [3.63, 3.8) is 0 Å². The maximum absolute atomic E-state index is 15.4. The van der Waals surface area contributed by atoms with Gasteiger partial charge in [-0.05, 0) is 147 Å². The van der Waals surface area contributed by atoms with Gasteiger partial charge in [-0.2, -0.15) is 91.8 Å². The molecular formula is C66H77F19O12S. The maximum Gasteiger partial charge on any atom is 0.460 e. The monoisotopic (exact) mass is 1450 g/mol. The van der Waals surface area contributed by atoms with Crippen molar-refractivity contribution in [2.45, 2.75) is 238 Å². The second-order valence-corrected chi connectivity index (χ2v) is 32.8. The van der Waals surface area contributed by atoms with Crippen LogP contribution in [0.25, 0.3) is 0 Å². The molecule has 2 spiro atoms. The van der Waals surface area contributed by atoms with Gasteiger partial charge in [-0.25, -0.2) is 0 Å². The summed E-state index contributed by atoms with van der Waals surface area (Å²) in [6.45, 7) is 11.8. The highest BCUT2D eigenvalue weighted by Gasteiger charge is 2.87. The third kappa shape index (κ3) is 11.1. The number of ether oxygens (including phenoxy) is 4. The SMILES string of the molecule is CC1(C)COC2(CCC3=C4C(CC[C@@]3(O)C2)C2CC[C@@](O)(C(F)(F)C(F)(F)F)[C@@]2(C)C[C@@H]4c2ccc(O)cc2)OC1.CC1(C)COC2(CCC3=C4C(CC[C@@]3(O)C2)C2CC[C@@](O)(C(F)(F)C(F)(F)F)[C@@]2(C)C[C@@H]4c2ccc(OS(=O)(=O)C(F)(F)C(F)(F)C(F)(F)C(F)(F)F)cc2)OC1. The summed E-state index contributed by atoms with van der Waals surface area (Å²) in [7, 11) is -7.34. The van der Waals surface area contributed by atoms with Gasteiger partial charge in [-0.3, -0.25) is 0 Å². The Morgan fingerprint density at radius 2 is 0.806 bits per heavy atom. The van der Waals surface area contributed by atoms with Crippen LogP contribution in [0.3, 0.4) is 0 Å². The lowest BCUT2D eigenvalue weighted by atomic mass is 9.49. The van der Waals surface area contributed by atoms with E-state index in [-0.39, 0.29) is 99.1 Å². The van der Waals surface area contributed by atoms with Gasteiger partial charge in [-0.1, -0.05) is 77.0 Å². The summed E-state index contributed by atoms with van der Waals surface area (Å²) >= 11 is 0. The fourth-order valence-corrected chi connectivity index (χ4v) is 19.7. The predicted molar refractivity (Wildman–Crippen MR) is 307 cm³/mol. The van der Waals surface area contributed by atoms with Crippen molar-refractivity contribution < 1.29 is 140 Å². The molecule has 12 nitrogen and oxygen atoms in total. The average Bonchev–Trinajstić information content (AvgIpc) is 1.44. The smallest absolute Gasteiger partial charge is 0.460 e. The van der Waals surface area contributed by atoms with Crippen molar-refractivity contribution in [2.24, 2.45) is 45.3 Å². The highest BCUT2D eigenvalue weighted by Crippen LogP contribution is 2.74. The van der Waals surface area contributed by atoms with E-state index < -0.39 is 157 Å². The highest BCUT2D eigenvalue weighted by molar-refractivity contribution is 7.88. The first kappa shape index (κ1) is 75.0. The lowest BCUT2D eigenvalue weighted by molar-refractivity contribution is -0.382. The first-order valence-electron chi connectivity index (χ1n) is 32.3. The minimum Gasteiger partial charge on any atom is -0.508 e. The van der Waals surface area contributed by atoms with Gasteiger partial charge in [0.25, 0.3) is 0 Å². The van der Waals surface area contributed by atoms with E-state index in [1.165, 1.54) is 19.1 Å². The molecule has 8 fully saturated rings. The first-order chi connectivity index (χ1) is 44.4. The van der Waals surface area contributed by atoms with E-state index in [1.807, 2.05) is 27.7 Å². The molecular weight excluding hydrogens is 1380 g/mol. The number of allylic oxidation sites excluding steroid dienone is 2. The van der Waals surface area contributed by atoms with E-state index in [0.717, 1.165) is 30.2 Å². The van der Waals surface area contributed by atoms with Gasteiger partial charge in [0, 0.05) is 59.2 Å². The van der Waals surface area contributed by atoms with E-state index in [2.05, 4.69) is 4.18 Å². The number of fused-ring (bicyclic) bond motifs is 8. The number of aromatic hydroxyl groups is 1. The van der Waals surface area contributed by atoms with Crippen LogP contribution >= 0.6 is 0 Å². The zero-order valence-electron chi connectivity index (χ0n) is 53.9. The van der Waals surface area contributed by atoms with Crippen molar-refractivity contribution in [1.82, 2.24) is 0 Å². The molecule has 2 aromatic carbocycles. The Morgan fingerprint density at radius 1 is 0.459 bits per heavy atom. The predicted octanol–water partition coefficient (Wildman–Crippen LogP) is 15.7. The minimum atomic E-state index is -7.58. The molecule has 2 saturated heterocycles. The van der Waals surface area contributed by atoms with Crippen LogP contribution in [0.15, 0.2) is 70.8 Å². The normalized spacial score (nSPS) is 36.5. The summed E-state index contributed by atoms with van der Waals surface area (Å²) in [5.74, 6) is -34.2. The number of hydrogen-bond acceptors (Lipinski definition) is 12. The third-order valence-electron chi connectivity index (χ3n) is 24.0. The molecule has 0 amide bonds. The molecule has 98 heavy (non-hydrogen) atoms. The second-order valence-electron chi connectivity index (χ2n) is 31.2. The Labute approximate surface area is 551 Å². The molecule has 12 rings (SSSR count). The van der Waals surface area contributed by atoms with Crippen molar-refractivity contribution in [3.05, 3.63) is 82.0 Å². The van der Waals surface area contributed by atoms with Crippen LogP contribution in [0.2, 0.25) is 0 Å². The number of hydrogen-bond donors (Lipinski definition) is 5. The molecule has 8 aliphatic carbocycles. The Balaban J connectivity index is 0.000000209. The molecule has 4 unspecified atom stereocenters. The van der Waals surface area contributed by atoms with E-state index in [9.17, 15) is 99.8 Å². The van der Waals surface area contributed by atoms with Crippen LogP contribution in [0.1, 0.15) is 167 Å². The average molecular weight is 1460 g/mol. The molecule has 2 aliphatic heterocycles. The lowest BCUT2D eigenvalue weighted by Crippen LogP contribution is -2.65. The van der Waals surface area contributed by atoms with Crippen LogP contribution in [-0.2, 0) is 29.1 Å². The van der Waals surface area contributed by atoms with Crippen LogP contribution in [0.5, 0.6) is 11.5 Å². The number of halogens is 19. The molecule has 2 heterocycles. The van der Waals surface area contributed by atoms with Crippen LogP contribution in [0.4, 0.5) is 83.4 Å². The summed E-state index contributed by atoms with van der Waals surface area (Å²) in [6.07, 6.45) is -20.1. The standard InChI is InChI=1S/C35H38F14O7S.C31H39F5O5/c1-25(2)16-54-28(55-17-25)12-9-23-24-20(8-11-27(23,50)15-28)22-10-13-29(51,30(36,37)33(42,43)44)26(22,3)14-21(24)18-4-6-19(7-5-18)56-57(52,53)35(48,49)32(40,41)31(38,39)34(45,46)47;1-25(2)16-40-28(41-17-25)12-9-23-24-20(8-11-27(23,38)15-28)22-10-13-29(39,30(32,33)31(34,35)36)26(22,3)14-21(24)18-4-6-19(37)7-5-18/h4-7,20-22,50-51H,8-17H2,1-3H3;4-7,20-22,37-39H,8-17H2,1-3H3/t2*20?,21-,22?,26+,27-,29+/m11/s1. The fourth-order valence-electron chi connectivity index (χ4n) is 18.8. The van der Waals surface area contributed by atoms with Gasteiger partial charge < -0.3 is 48.7 Å². The molecule has 0 aromatic heterocycles. The molecule has 32 heteroatoms. The van der Waals surface area contributed by atoms with Gasteiger partial charge in [0.1, 0.15) is 22.7 Å². The Kier molecular flexibility index (Phi) is 17.5. The minimum absolute atomic E-state index is 0.00176. The van der Waals surface area contributed by atoms with Gasteiger partial charge >= 0.3 is 57.6 Å². The van der Waals surface area contributed by atoms with Crippen LogP contribution in [0, 0.1) is 45.3 Å². The number of aliphatic hydroxyl groups is 4. The molecule has 5 N–H and O–H groups in total. The number of rotatable bonds is 9. The van der Waals surface area contributed by atoms with Gasteiger partial charge in [0.2, 0.25) is 0 Å². The Bertz CT molecular complexity index is 3570. The summed E-state index contributed by atoms with van der Waals surface area (Å²) in [4.78, 5) is 0. The van der Waals surface area contributed by atoms with Gasteiger partial charge in [0.05, 0.1) is 37.6 Å². The second kappa shape index (κ2) is 22.9. The zero-order valence-corrected chi connectivity index (χ0v) is 54.7. The van der Waals surface area contributed by atoms with Crippen LogP contribution < -0.4 is 4.18 Å². The van der Waals surface area contributed by atoms with Gasteiger partial charge in [-0.15, -0.1) is 0 Å². The highest BCUT2D eigenvalue weighted by atomic mass is 32.2. The zero-order chi connectivity index (χ0) is 72.9. The molecule has 10 aliphatic rings. The molecule has 2 aromatic rings. The summed E-state index contributed by atoms with van der Waals surface area (Å²) in [5, 5.41) is 50.0. The van der Waals surface area contributed by atoms with Gasteiger partial charge in [0.15, 0.2) is 11.6 Å². The van der Waals surface area contributed by atoms with E-state index in [1.54, 1.807) is 12.1 Å². The topological polar surface area (TPSA) is 181 Å². The van der Waals surface area contributed by atoms with E-state index in [4.69, 9.17) is 18.9 Å². The summed E-state index contributed by atoms with van der Waals surface area (Å²) in [5.41, 5.74) is -11.2. The molecule has 0 radical (unpaired) electrons. The maximum atomic E-state index is 15.4. The Hall–Kier alpha value is -4.18. The van der Waals surface area contributed by atoms with Crippen molar-refractivity contribution >= 4 is 10.1 Å². The molecule has 0 bridgehead atoms. The Morgan fingerprint density at radius 3 is 1.14 bits per heavy atom. The molecule has 552 valence electrons. The first-order valence-corrected chi connectivity index (χ1v) is 33.7. The van der Waals surface area contributed by atoms with Crippen molar-refractivity contribution in [1.29, 1.82) is 0 Å². The number of phenols is 1. The van der Waals surface area contributed by atoms with Crippen LogP contribution in [-0.4, -0.2) is 142 Å². The quantitative estimate of drug-likeness (QED) is 0.0912. The number of alkyl halides is 19. The summed E-state index contributed by atoms with van der Waals surface area (Å²) in [6, 6.07) is 8.96. The molecule has 12 atom stereocenters. The lowest BCUT2D eigenvalue weighted by Gasteiger charge is -2.59. The number of phenolic OH excluding ortho intramolecular Hbond substituents is 1. The third-order valence-corrected chi connectivity index (χ3v) is 25.3. The van der Waals surface area contributed by atoms with Crippen molar-refractivity contribution in [2.75, 3.05) is 26.4 Å². The van der Waals surface area contributed by atoms with Crippen molar-refractivity contribution in [3.8, 4) is 11.5 Å². The fraction of sp³-hybridized carbons (Fsp3) is 0.758. The molecule has 6 saturated carbocycles. The van der Waals surface area contributed by atoms with E-state index in [0.29, 0.717) is 67.7 Å². The number of benzene rings is 2. The summed E-state index contributed by atoms with van der Waals surface area (Å²) < 4.78 is 318. The van der Waals surface area contributed by atoms with E-state index >= 15 is 17.6 Å². The largest absolute Gasteiger partial charge is 0.508 e.